The Morgan fingerprint density at radius 3 is 2.78 bits per heavy atom. The number of fused-ring (bicyclic) bond motifs is 3. The molecule has 232 valence electrons. The number of aromatic nitrogens is 3. The third-order valence-electron chi connectivity index (χ3n) is 7.34. The number of pyridine rings is 3. The van der Waals surface area contributed by atoms with E-state index in [1.807, 2.05) is 36.4 Å². The van der Waals surface area contributed by atoms with Crippen molar-refractivity contribution in [3.05, 3.63) is 89.6 Å². The van der Waals surface area contributed by atoms with Gasteiger partial charge in [0.05, 0.1) is 59.9 Å². The molecule has 1 atom stereocenters. The molecule has 4 heterocycles. The van der Waals surface area contributed by atoms with Crippen LogP contribution in [0.5, 0.6) is 5.75 Å². The van der Waals surface area contributed by atoms with Crippen molar-refractivity contribution in [1.82, 2.24) is 20.3 Å². The average molecular weight is 635 g/mol. The van der Waals surface area contributed by atoms with Gasteiger partial charge >= 0.3 is 0 Å². The van der Waals surface area contributed by atoms with E-state index in [0.717, 1.165) is 40.4 Å². The Balaban J connectivity index is 1.22. The van der Waals surface area contributed by atoms with Crippen molar-refractivity contribution in [3.8, 4) is 17.0 Å². The van der Waals surface area contributed by atoms with E-state index in [2.05, 4.69) is 15.3 Å². The van der Waals surface area contributed by atoms with E-state index in [1.165, 1.54) is 0 Å². The minimum absolute atomic E-state index is 0.0516. The molecule has 1 aliphatic heterocycles. The van der Waals surface area contributed by atoms with E-state index < -0.39 is 45.2 Å². The van der Waals surface area contributed by atoms with Crippen molar-refractivity contribution in [2.45, 2.75) is 30.0 Å². The Morgan fingerprint density at radius 1 is 1.07 bits per heavy atom. The first-order valence-electron chi connectivity index (χ1n) is 14.1. The number of nitrogens with one attached hydrogen (secondary N) is 1. The normalized spacial score (nSPS) is 15.8. The summed E-state index contributed by atoms with van der Waals surface area (Å²) in [5.41, 5.74) is 0.430. The molecule has 0 unspecified atom stereocenters. The second kappa shape index (κ2) is 12.8. The highest BCUT2D eigenvalue weighted by atomic mass is 32.2. The quantitative estimate of drug-likeness (QED) is 0.225. The summed E-state index contributed by atoms with van der Waals surface area (Å²) in [5.74, 6) is -1.06. The van der Waals surface area contributed by atoms with E-state index in [1.54, 1.807) is 25.6 Å². The number of carbonyl (C=O) groups is 1. The summed E-state index contributed by atoms with van der Waals surface area (Å²) >= 11 is 0. The predicted molar refractivity (Wildman–Crippen MR) is 162 cm³/mol. The van der Waals surface area contributed by atoms with Gasteiger partial charge in [0.15, 0.2) is 0 Å². The largest absolute Gasteiger partial charge is 0.492 e. The smallest absolute Gasteiger partial charge is 0.251 e. The summed E-state index contributed by atoms with van der Waals surface area (Å²) in [6.07, 6.45) is 4.07. The Bertz CT molecular complexity index is 2030. The molecule has 0 saturated carbocycles. The Kier molecular flexibility index (Phi) is 8.65. The van der Waals surface area contributed by atoms with Gasteiger partial charge in [-0.05, 0) is 36.4 Å². The number of amides is 1. The fourth-order valence-electron chi connectivity index (χ4n) is 5.01. The highest BCUT2D eigenvalue weighted by molar-refractivity contribution is 7.92. The first-order valence-corrected chi connectivity index (χ1v) is 15.6. The molecular weight excluding hydrogens is 606 g/mol. The fourth-order valence-corrected chi connectivity index (χ4v) is 6.36. The number of ether oxygens (including phenoxy) is 3. The van der Waals surface area contributed by atoms with Crippen LogP contribution in [0, 0.1) is 5.82 Å². The number of benzene rings is 2. The zero-order valence-corrected chi connectivity index (χ0v) is 24.9. The summed E-state index contributed by atoms with van der Waals surface area (Å²) in [6.45, 7) is -0.0568. The second-order valence-electron chi connectivity index (χ2n) is 10.4. The number of hydrogen-bond acceptors (Lipinski definition) is 9. The number of carbonyl (C=O) groups excluding carboxylic acids is 1. The molecule has 2 aromatic carbocycles. The molecule has 0 radical (unpaired) electrons. The van der Waals surface area contributed by atoms with Crippen molar-refractivity contribution < 1.29 is 36.2 Å². The van der Waals surface area contributed by atoms with Gasteiger partial charge in [-0.15, -0.1) is 0 Å². The van der Waals surface area contributed by atoms with Crippen LogP contribution in [0.1, 0.15) is 28.0 Å². The van der Waals surface area contributed by atoms with Gasteiger partial charge in [-0.25, -0.2) is 22.2 Å². The topological polar surface area (TPSA) is 130 Å². The molecule has 0 spiro atoms. The molecule has 6 rings (SSSR count). The molecule has 3 aromatic heterocycles. The van der Waals surface area contributed by atoms with Gasteiger partial charge in [-0.3, -0.25) is 14.8 Å². The van der Waals surface area contributed by atoms with Crippen LogP contribution >= 0.6 is 0 Å². The van der Waals surface area contributed by atoms with Crippen molar-refractivity contribution in [2.24, 2.45) is 0 Å². The molecular formula is C32H28F2N4O6S. The molecule has 45 heavy (non-hydrogen) atoms. The van der Waals surface area contributed by atoms with Crippen LogP contribution in [0.2, 0.25) is 0 Å². The Hall–Kier alpha value is -4.59. The van der Waals surface area contributed by atoms with Crippen molar-refractivity contribution >= 4 is 37.6 Å². The van der Waals surface area contributed by atoms with E-state index >= 15 is 0 Å². The summed E-state index contributed by atoms with van der Waals surface area (Å²) < 4.78 is 69.9. The summed E-state index contributed by atoms with van der Waals surface area (Å²) in [5, 5.41) is 4.29. The predicted octanol–water partition coefficient (Wildman–Crippen LogP) is 4.93. The first-order chi connectivity index (χ1) is 21.7. The lowest BCUT2D eigenvalue weighted by Gasteiger charge is -2.12. The van der Waals surface area contributed by atoms with Gasteiger partial charge in [0, 0.05) is 53.8 Å². The minimum atomic E-state index is -4.52. The Labute approximate surface area is 257 Å². The molecule has 13 heteroatoms. The van der Waals surface area contributed by atoms with Crippen molar-refractivity contribution in [2.75, 3.05) is 26.9 Å². The zero-order valence-electron chi connectivity index (χ0n) is 24.1. The van der Waals surface area contributed by atoms with Crippen LogP contribution in [-0.4, -0.2) is 61.7 Å². The van der Waals surface area contributed by atoms with E-state index in [0.29, 0.717) is 35.9 Å². The van der Waals surface area contributed by atoms with Gasteiger partial charge in [-0.1, -0.05) is 18.2 Å². The highest BCUT2D eigenvalue weighted by Gasteiger charge is 2.35. The Morgan fingerprint density at radius 2 is 1.93 bits per heavy atom. The molecule has 1 N–H and O–H groups in total. The lowest BCUT2D eigenvalue weighted by molar-refractivity contribution is 0.0938. The number of hydrogen-bond donors (Lipinski definition) is 1. The summed E-state index contributed by atoms with van der Waals surface area (Å²) in [6, 6.07) is 15.1. The third kappa shape index (κ3) is 6.32. The lowest BCUT2D eigenvalue weighted by atomic mass is 10.1. The van der Waals surface area contributed by atoms with Gasteiger partial charge in [0.1, 0.15) is 11.6 Å². The summed E-state index contributed by atoms with van der Waals surface area (Å²) in [7, 11) is -2.88. The van der Waals surface area contributed by atoms with Crippen molar-refractivity contribution in [3.63, 3.8) is 0 Å². The first kappa shape index (κ1) is 30.4. The maximum atomic E-state index is 14.8. The van der Waals surface area contributed by atoms with Crippen LogP contribution in [0.25, 0.3) is 33.1 Å². The number of alkyl halides is 1. The number of rotatable bonds is 9. The average Bonchev–Trinajstić information content (AvgIpc) is 3.16. The SMILES string of the molecule is COCCCOc1cnc2c(-c3ccc4cnc(CNC(=O)c5cc(F)c6c(c5)S(=O)(=O)[C@@H](F)COC6)cc4n3)cccc2c1. The van der Waals surface area contributed by atoms with Crippen LogP contribution in [0.3, 0.4) is 0 Å². The number of para-hydroxylation sites is 1. The lowest BCUT2D eigenvalue weighted by Crippen LogP contribution is -2.25. The van der Waals surface area contributed by atoms with Gasteiger partial charge in [0.25, 0.3) is 5.91 Å². The van der Waals surface area contributed by atoms with Gasteiger partial charge in [-0.2, -0.15) is 0 Å². The molecule has 5 aromatic rings. The van der Waals surface area contributed by atoms with E-state index in [9.17, 15) is 22.0 Å². The monoisotopic (exact) mass is 634 g/mol. The fraction of sp³-hybridized carbons (Fsp3) is 0.250. The second-order valence-corrected chi connectivity index (χ2v) is 12.4. The molecule has 0 bridgehead atoms. The van der Waals surface area contributed by atoms with Crippen LogP contribution in [0.4, 0.5) is 8.78 Å². The third-order valence-corrected chi connectivity index (χ3v) is 9.13. The number of nitrogens with zero attached hydrogens (tertiary/aromatic N) is 3. The summed E-state index contributed by atoms with van der Waals surface area (Å²) in [4.78, 5) is 26.2. The van der Waals surface area contributed by atoms with Gasteiger partial charge < -0.3 is 19.5 Å². The van der Waals surface area contributed by atoms with E-state index in [-0.39, 0.29) is 17.7 Å². The molecule has 10 nitrogen and oxygen atoms in total. The maximum absolute atomic E-state index is 14.8. The van der Waals surface area contributed by atoms with Crippen LogP contribution in [0.15, 0.2) is 71.9 Å². The molecule has 0 saturated heterocycles. The molecule has 1 amide bonds. The van der Waals surface area contributed by atoms with Crippen molar-refractivity contribution in [1.29, 1.82) is 0 Å². The minimum Gasteiger partial charge on any atom is -0.492 e. The number of methoxy groups -OCH3 is 1. The standard InChI is InChI=1S/C32H28F2N4O6S/c1-42-8-3-9-44-23-10-19-4-2-5-24(31(19)36-16-23)27-7-6-20-14-35-22(13-28(20)38-27)15-37-32(39)21-11-26(33)25-17-43-18-30(34)45(40,41)29(25)12-21/h2,4-7,10-14,16,30H,3,8-9,15,17-18H2,1H3,(H,37,39)/t30-/m1/s1. The zero-order chi connectivity index (χ0) is 31.6. The molecule has 1 aliphatic rings. The highest BCUT2D eigenvalue weighted by Crippen LogP contribution is 2.31. The maximum Gasteiger partial charge on any atom is 0.251 e. The van der Waals surface area contributed by atoms with Gasteiger partial charge in [0.2, 0.25) is 15.3 Å². The van der Waals surface area contributed by atoms with Crippen LogP contribution < -0.4 is 10.1 Å². The molecule has 0 aliphatic carbocycles. The number of halogens is 2. The van der Waals surface area contributed by atoms with Crippen LogP contribution in [-0.2, 0) is 32.5 Å². The molecule has 0 fully saturated rings. The van der Waals surface area contributed by atoms with E-state index in [4.69, 9.17) is 19.2 Å². The number of sulfone groups is 1.